The van der Waals surface area contributed by atoms with Crippen LogP contribution in [0, 0.1) is 17.8 Å². The van der Waals surface area contributed by atoms with Gasteiger partial charge in [0.05, 0.1) is 5.92 Å². The SMILES string of the molecule is CC(C)(C)OC(=O)C1C2CCCC21. The van der Waals surface area contributed by atoms with E-state index in [9.17, 15) is 4.79 Å². The van der Waals surface area contributed by atoms with Gasteiger partial charge in [-0.05, 0) is 45.4 Å². The molecule has 0 saturated heterocycles. The molecule has 2 atom stereocenters. The molecule has 0 aliphatic heterocycles. The lowest BCUT2D eigenvalue weighted by molar-refractivity contribution is -0.157. The van der Waals surface area contributed by atoms with Gasteiger partial charge in [-0.15, -0.1) is 0 Å². The summed E-state index contributed by atoms with van der Waals surface area (Å²) in [5.41, 5.74) is -0.312. The zero-order valence-electron chi connectivity index (χ0n) is 8.67. The predicted octanol–water partition coefficient (Wildman–Crippen LogP) is 2.37. The Hall–Kier alpha value is -0.530. The van der Waals surface area contributed by atoms with E-state index in [0.29, 0.717) is 11.8 Å². The van der Waals surface area contributed by atoms with Crippen LogP contribution in [0.15, 0.2) is 0 Å². The van der Waals surface area contributed by atoms with Crippen molar-refractivity contribution >= 4 is 5.97 Å². The summed E-state index contributed by atoms with van der Waals surface area (Å²) in [4.78, 5) is 11.6. The smallest absolute Gasteiger partial charge is 0.310 e. The fourth-order valence-electron chi connectivity index (χ4n) is 2.54. The average molecular weight is 182 g/mol. The zero-order valence-corrected chi connectivity index (χ0v) is 8.67. The first-order chi connectivity index (χ1) is 5.99. The van der Waals surface area contributed by atoms with Crippen molar-refractivity contribution in [1.29, 1.82) is 0 Å². The van der Waals surface area contributed by atoms with Gasteiger partial charge in [0, 0.05) is 0 Å². The molecular formula is C11H18O2. The van der Waals surface area contributed by atoms with E-state index in [1.807, 2.05) is 20.8 Å². The van der Waals surface area contributed by atoms with Crippen molar-refractivity contribution in [1.82, 2.24) is 0 Å². The molecule has 0 N–H and O–H groups in total. The lowest BCUT2D eigenvalue weighted by Crippen LogP contribution is -2.25. The summed E-state index contributed by atoms with van der Waals surface area (Å²) in [7, 11) is 0. The predicted molar refractivity (Wildman–Crippen MR) is 50.2 cm³/mol. The fraction of sp³-hybridized carbons (Fsp3) is 0.909. The molecule has 0 aromatic heterocycles. The molecule has 2 rings (SSSR count). The number of hydrogen-bond acceptors (Lipinski definition) is 2. The summed E-state index contributed by atoms with van der Waals surface area (Å²) in [6.45, 7) is 5.80. The third kappa shape index (κ3) is 1.72. The molecule has 0 aromatic carbocycles. The number of carbonyl (C=O) groups excluding carboxylic acids is 1. The van der Waals surface area contributed by atoms with Gasteiger partial charge >= 0.3 is 5.97 Å². The van der Waals surface area contributed by atoms with Crippen molar-refractivity contribution < 1.29 is 9.53 Å². The standard InChI is InChI=1S/C11H18O2/c1-11(2,3)13-10(12)9-7-5-4-6-8(7)9/h7-9H,4-6H2,1-3H3. The third-order valence-electron chi connectivity index (χ3n) is 3.09. The molecule has 2 nitrogen and oxygen atoms in total. The zero-order chi connectivity index (χ0) is 9.64. The normalized spacial score (nSPS) is 37.0. The van der Waals surface area contributed by atoms with Crippen LogP contribution in [0.4, 0.5) is 0 Å². The Bertz CT molecular complexity index is 217. The number of ether oxygens (including phenoxy) is 1. The van der Waals surface area contributed by atoms with E-state index in [1.54, 1.807) is 0 Å². The first-order valence-electron chi connectivity index (χ1n) is 5.22. The molecule has 2 saturated carbocycles. The van der Waals surface area contributed by atoms with E-state index in [2.05, 4.69) is 0 Å². The number of hydrogen-bond donors (Lipinski definition) is 0. The van der Waals surface area contributed by atoms with Crippen LogP contribution < -0.4 is 0 Å². The van der Waals surface area contributed by atoms with Gasteiger partial charge in [-0.1, -0.05) is 6.42 Å². The van der Waals surface area contributed by atoms with E-state index in [4.69, 9.17) is 4.74 Å². The summed E-state index contributed by atoms with van der Waals surface area (Å²) in [5.74, 6) is 1.65. The largest absolute Gasteiger partial charge is 0.460 e. The summed E-state index contributed by atoms with van der Waals surface area (Å²) >= 11 is 0. The van der Waals surface area contributed by atoms with Crippen LogP contribution in [0.25, 0.3) is 0 Å². The van der Waals surface area contributed by atoms with Gasteiger partial charge in [0.15, 0.2) is 0 Å². The summed E-state index contributed by atoms with van der Waals surface area (Å²) in [5, 5.41) is 0. The molecular weight excluding hydrogens is 164 g/mol. The lowest BCUT2D eigenvalue weighted by atomic mass is 10.1. The minimum absolute atomic E-state index is 0.0437. The Labute approximate surface area is 79.7 Å². The van der Waals surface area contributed by atoms with E-state index < -0.39 is 0 Å². The summed E-state index contributed by atoms with van der Waals surface area (Å²) in [6.07, 6.45) is 3.80. The highest BCUT2D eigenvalue weighted by molar-refractivity contribution is 5.77. The maximum atomic E-state index is 11.6. The van der Waals surface area contributed by atoms with Gasteiger partial charge in [0.2, 0.25) is 0 Å². The highest BCUT2D eigenvalue weighted by Crippen LogP contribution is 2.58. The molecule has 0 bridgehead atoms. The van der Waals surface area contributed by atoms with Crippen molar-refractivity contribution in [2.45, 2.75) is 45.6 Å². The van der Waals surface area contributed by atoms with E-state index in [1.165, 1.54) is 19.3 Å². The lowest BCUT2D eigenvalue weighted by Gasteiger charge is -2.20. The molecule has 2 heteroatoms. The van der Waals surface area contributed by atoms with Crippen molar-refractivity contribution in [2.24, 2.45) is 17.8 Å². The minimum atomic E-state index is -0.312. The molecule has 2 fully saturated rings. The maximum absolute atomic E-state index is 11.6. The second-order valence-corrected chi connectivity index (χ2v) is 5.32. The van der Waals surface area contributed by atoms with Crippen LogP contribution in [0.3, 0.4) is 0 Å². The van der Waals surface area contributed by atoms with Crippen LogP contribution >= 0.6 is 0 Å². The van der Waals surface area contributed by atoms with Crippen LogP contribution in [-0.4, -0.2) is 11.6 Å². The highest BCUT2D eigenvalue weighted by atomic mass is 16.6. The number of fused-ring (bicyclic) bond motifs is 1. The van der Waals surface area contributed by atoms with Crippen LogP contribution in [0.1, 0.15) is 40.0 Å². The number of rotatable bonds is 1. The molecule has 2 aliphatic rings. The van der Waals surface area contributed by atoms with Gasteiger partial charge in [-0.2, -0.15) is 0 Å². The first-order valence-corrected chi connectivity index (χ1v) is 5.22. The van der Waals surface area contributed by atoms with E-state index in [-0.39, 0.29) is 17.5 Å². The Morgan fingerprint density at radius 3 is 2.23 bits per heavy atom. The minimum Gasteiger partial charge on any atom is -0.460 e. The molecule has 13 heavy (non-hydrogen) atoms. The van der Waals surface area contributed by atoms with Crippen molar-refractivity contribution in [2.75, 3.05) is 0 Å². The second kappa shape index (κ2) is 2.73. The third-order valence-corrected chi connectivity index (χ3v) is 3.09. The van der Waals surface area contributed by atoms with Gasteiger partial charge in [-0.3, -0.25) is 4.79 Å². The Morgan fingerprint density at radius 2 is 1.77 bits per heavy atom. The average Bonchev–Trinajstić information content (AvgIpc) is 2.44. The molecule has 0 amide bonds. The monoisotopic (exact) mass is 182 g/mol. The topological polar surface area (TPSA) is 26.3 Å². The molecule has 0 spiro atoms. The molecule has 2 aliphatic carbocycles. The van der Waals surface area contributed by atoms with Gasteiger partial charge < -0.3 is 4.74 Å². The summed E-state index contributed by atoms with van der Waals surface area (Å²) < 4.78 is 5.36. The van der Waals surface area contributed by atoms with Gasteiger partial charge in [0.25, 0.3) is 0 Å². The summed E-state index contributed by atoms with van der Waals surface area (Å²) in [6, 6.07) is 0. The first kappa shape index (κ1) is 9.04. The Kier molecular flexibility index (Phi) is 1.90. The fourth-order valence-corrected chi connectivity index (χ4v) is 2.54. The van der Waals surface area contributed by atoms with E-state index >= 15 is 0 Å². The molecule has 0 radical (unpaired) electrons. The highest BCUT2D eigenvalue weighted by Gasteiger charge is 2.57. The maximum Gasteiger partial charge on any atom is 0.310 e. The van der Waals surface area contributed by atoms with Crippen LogP contribution in [0.2, 0.25) is 0 Å². The Balaban J connectivity index is 1.87. The van der Waals surface area contributed by atoms with Crippen molar-refractivity contribution in [3.63, 3.8) is 0 Å². The Morgan fingerprint density at radius 1 is 1.23 bits per heavy atom. The van der Waals surface area contributed by atoms with Crippen molar-refractivity contribution in [3.8, 4) is 0 Å². The number of carbonyl (C=O) groups is 1. The van der Waals surface area contributed by atoms with E-state index in [0.717, 1.165) is 0 Å². The van der Waals surface area contributed by atoms with Crippen LogP contribution in [-0.2, 0) is 9.53 Å². The molecule has 0 heterocycles. The number of esters is 1. The van der Waals surface area contributed by atoms with Gasteiger partial charge in [0.1, 0.15) is 5.60 Å². The molecule has 74 valence electrons. The molecule has 2 unspecified atom stereocenters. The van der Waals surface area contributed by atoms with Crippen molar-refractivity contribution in [3.05, 3.63) is 0 Å². The quantitative estimate of drug-likeness (QED) is 0.582. The second-order valence-electron chi connectivity index (χ2n) is 5.32. The van der Waals surface area contributed by atoms with Gasteiger partial charge in [-0.25, -0.2) is 0 Å². The molecule has 0 aromatic rings. The van der Waals surface area contributed by atoms with Crippen LogP contribution in [0.5, 0.6) is 0 Å².